The molecule has 1 saturated carbocycles. The zero-order chi connectivity index (χ0) is 21.1. The number of piperazine rings is 1. The number of nitriles is 1. The molecule has 0 bridgehead atoms. The molecular formula is C22H26N6O2. The summed E-state index contributed by atoms with van der Waals surface area (Å²) < 4.78 is 0. The van der Waals surface area contributed by atoms with Gasteiger partial charge in [0.25, 0.3) is 0 Å². The Morgan fingerprint density at radius 3 is 2.60 bits per heavy atom. The normalized spacial score (nSPS) is 22.4. The third-order valence-corrected chi connectivity index (χ3v) is 6.19. The molecule has 1 aliphatic carbocycles. The van der Waals surface area contributed by atoms with Gasteiger partial charge >= 0.3 is 0 Å². The standard InChI is InChI=1S/C22H26N6O2/c23-12-15-1-3-16(4-2-15)22(30)28-9-7-27(8-10-28)18-11-19-17(5-6-20(24)29)13-25-21(19)26-14-18/h5-6,11,13-16H,1-4,7-10H2,(H2,24,29)(H,25,26)/b6-5+/t15-,16-. The third kappa shape index (κ3) is 4.15. The van der Waals surface area contributed by atoms with E-state index in [0.29, 0.717) is 13.1 Å². The number of rotatable bonds is 4. The van der Waals surface area contributed by atoms with Crippen molar-refractivity contribution in [2.75, 3.05) is 31.1 Å². The summed E-state index contributed by atoms with van der Waals surface area (Å²) in [6.07, 6.45) is 9.98. The Bertz CT molecular complexity index is 1000. The number of carbonyl (C=O) groups is 2. The molecule has 4 rings (SSSR count). The molecule has 1 aliphatic heterocycles. The van der Waals surface area contributed by atoms with Gasteiger partial charge in [-0.25, -0.2) is 4.98 Å². The van der Waals surface area contributed by atoms with E-state index in [1.165, 1.54) is 6.08 Å². The summed E-state index contributed by atoms with van der Waals surface area (Å²) in [6, 6.07) is 4.38. The first-order chi connectivity index (χ1) is 14.5. The van der Waals surface area contributed by atoms with Crippen LogP contribution >= 0.6 is 0 Å². The molecule has 30 heavy (non-hydrogen) atoms. The van der Waals surface area contributed by atoms with Crippen molar-refractivity contribution in [3.8, 4) is 6.07 Å². The number of pyridine rings is 1. The second kappa shape index (κ2) is 8.57. The third-order valence-electron chi connectivity index (χ3n) is 6.19. The van der Waals surface area contributed by atoms with E-state index >= 15 is 0 Å². The van der Waals surface area contributed by atoms with Gasteiger partial charge in [0.15, 0.2) is 0 Å². The zero-order valence-corrected chi connectivity index (χ0v) is 16.9. The number of nitrogens with one attached hydrogen (secondary N) is 1. The van der Waals surface area contributed by atoms with Crippen LogP contribution in [0.15, 0.2) is 24.5 Å². The SMILES string of the molecule is N#C[C@H]1CC[C@H](C(=O)N2CCN(c3cnc4[nH]cc(/C=C/C(N)=O)c4c3)CC2)CC1. The molecule has 3 N–H and O–H groups in total. The van der Waals surface area contributed by atoms with E-state index in [2.05, 4.69) is 27.0 Å². The smallest absolute Gasteiger partial charge is 0.241 e. The van der Waals surface area contributed by atoms with Crippen LogP contribution in [-0.2, 0) is 9.59 Å². The fourth-order valence-corrected chi connectivity index (χ4v) is 4.41. The minimum atomic E-state index is -0.490. The molecule has 2 aromatic heterocycles. The van der Waals surface area contributed by atoms with Gasteiger partial charge < -0.3 is 20.5 Å². The summed E-state index contributed by atoms with van der Waals surface area (Å²) in [6.45, 7) is 2.89. The van der Waals surface area contributed by atoms with Gasteiger partial charge in [0.1, 0.15) is 5.65 Å². The number of nitrogens with zero attached hydrogens (tertiary/aromatic N) is 4. The molecule has 2 amide bonds. The van der Waals surface area contributed by atoms with Gasteiger partial charge in [0, 0.05) is 61.2 Å². The summed E-state index contributed by atoms with van der Waals surface area (Å²) in [7, 11) is 0. The van der Waals surface area contributed by atoms with Crippen LogP contribution < -0.4 is 10.6 Å². The predicted molar refractivity (Wildman–Crippen MR) is 114 cm³/mol. The van der Waals surface area contributed by atoms with E-state index in [1.807, 2.05) is 11.1 Å². The lowest BCUT2D eigenvalue weighted by molar-refractivity contribution is -0.137. The second-order valence-corrected chi connectivity index (χ2v) is 8.06. The fourth-order valence-electron chi connectivity index (χ4n) is 4.41. The number of anilines is 1. The molecule has 0 spiro atoms. The van der Waals surface area contributed by atoms with E-state index in [-0.39, 0.29) is 17.7 Å². The average Bonchev–Trinajstić information content (AvgIpc) is 3.19. The highest BCUT2D eigenvalue weighted by molar-refractivity contribution is 5.95. The largest absolute Gasteiger partial charge is 0.367 e. The van der Waals surface area contributed by atoms with E-state index in [9.17, 15) is 9.59 Å². The lowest BCUT2D eigenvalue weighted by Crippen LogP contribution is -2.50. The maximum Gasteiger partial charge on any atom is 0.241 e. The van der Waals surface area contributed by atoms with Crippen LogP contribution in [0.2, 0.25) is 0 Å². The number of aromatic amines is 1. The molecule has 2 aromatic rings. The highest BCUT2D eigenvalue weighted by atomic mass is 16.2. The average molecular weight is 406 g/mol. The number of aromatic nitrogens is 2. The maximum absolute atomic E-state index is 12.9. The van der Waals surface area contributed by atoms with Crippen LogP contribution in [-0.4, -0.2) is 52.9 Å². The maximum atomic E-state index is 12.9. The van der Waals surface area contributed by atoms with E-state index in [1.54, 1.807) is 12.3 Å². The lowest BCUT2D eigenvalue weighted by atomic mass is 9.82. The molecule has 0 atom stereocenters. The molecular weight excluding hydrogens is 380 g/mol. The molecule has 0 unspecified atom stereocenters. The summed E-state index contributed by atoms with van der Waals surface area (Å²) >= 11 is 0. The van der Waals surface area contributed by atoms with Crippen molar-refractivity contribution in [3.05, 3.63) is 30.1 Å². The monoisotopic (exact) mass is 406 g/mol. The molecule has 2 fully saturated rings. The van der Waals surface area contributed by atoms with Crippen LogP contribution in [0.4, 0.5) is 5.69 Å². The molecule has 3 heterocycles. The van der Waals surface area contributed by atoms with E-state index < -0.39 is 5.91 Å². The van der Waals surface area contributed by atoms with Crippen molar-refractivity contribution >= 4 is 34.6 Å². The summed E-state index contributed by atoms with van der Waals surface area (Å²) in [5.74, 6) is -0.0671. The molecule has 156 valence electrons. The minimum Gasteiger partial charge on any atom is -0.367 e. The number of hydrogen-bond acceptors (Lipinski definition) is 5. The molecule has 8 nitrogen and oxygen atoms in total. The Hall–Kier alpha value is -3.34. The molecule has 8 heteroatoms. The number of primary amides is 1. The molecule has 0 aromatic carbocycles. The van der Waals surface area contributed by atoms with Crippen molar-refractivity contribution in [2.45, 2.75) is 25.7 Å². The number of H-pyrrole nitrogens is 1. The van der Waals surface area contributed by atoms with Crippen molar-refractivity contribution in [3.63, 3.8) is 0 Å². The van der Waals surface area contributed by atoms with Gasteiger partial charge in [-0.1, -0.05) is 0 Å². The van der Waals surface area contributed by atoms with Crippen LogP contribution in [0, 0.1) is 23.2 Å². The minimum absolute atomic E-state index is 0.0682. The lowest BCUT2D eigenvalue weighted by Gasteiger charge is -2.38. The van der Waals surface area contributed by atoms with Gasteiger partial charge in [-0.3, -0.25) is 9.59 Å². The van der Waals surface area contributed by atoms with Gasteiger partial charge in [-0.15, -0.1) is 0 Å². The Morgan fingerprint density at radius 2 is 1.93 bits per heavy atom. The van der Waals surface area contributed by atoms with E-state index in [4.69, 9.17) is 11.0 Å². The highest BCUT2D eigenvalue weighted by Gasteiger charge is 2.31. The van der Waals surface area contributed by atoms with Crippen molar-refractivity contribution in [2.24, 2.45) is 17.6 Å². The van der Waals surface area contributed by atoms with E-state index in [0.717, 1.165) is 61.1 Å². The predicted octanol–water partition coefficient (Wildman–Crippen LogP) is 2.04. The summed E-state index contributed by atoms with van der Waals surface area (Å²) in [5.41, 5.74) is 7.81. The number of carbonyl (C=O) groups excluding carboxylic acids is 2. The Labute approximate surface area is 175 Å². The van der Waals surface area contributed by atoms with Crippen LogP contribution in [0.3, 0.4) is 0 Å². The highest BCUT2D eigenvalue weighted by Crippen LogP contribution is 2.30. The van der Waals surface area contributed by atoms with Crippen molar-refractivity contribution in [1.29, 1.82) is 5.26 Å². The second-order valence-electron chi connectivity index (χ2n) is 8.06. The topological polar surface area (TPSA) is 119 Å². The quantitative estimate of drug-likeness (QED) is 0.753. The molecule has 0 radical (unpaired) electrons. The van der Waals surface area contributed by atoms with Gasteiger partial charge in [0.2, 0.25) is 11.8 Å². The Balaban J connectivity index is 1.40. The Kier molecular flexibility index (Phi) is 5.70. The van der Waals surface area contributed by atoms with Gasteiger partial charge in [-0.2, -0.15) is 5.26 Å². The summed E-state index contributed by atoms with van der Waals surface area (Å²) in [5, 5.41) is 9.97. The number of nitrogens with two attached hydrogens (primary N) is 1. The molecule has 1 saturated heterocycles. The molecule has 2 aliphatic rings. The Morgan fingerprint density at radius 1 is 1.20 bits per heavy atom. The van der Waals surface area contributed by atoms with Crippen LogP contribution in [0.5, 0.6) is 0 Å². The van der Waals surface area contributed by atoms with Crippen LogP contribution in [0.1, 0.15) is 31.2 Å². The van der Waals surface area contributed by atoms with Crippen molar-refractivity contribution < 1.29 is 9.59 Å². The van der Waals surface area contributed by atoms with Gasteiger partial charge in [0.05, 0.1) is 18.0 Å². The number of amides is 2. The number of fused-ring (bicyclic) bond motifs is 1. The number of hydrogen-bond donors (Lipinski definition) is 2. The first kappa shape index (κ1) is 20.0. The van der Waals surface area contributed by atoms with Gasteiger partial charge in [-0.05, 0) is 37.8 Å². The first-order valence-corrected chi connectivity index (χ1v) is 10.4. The van der Waals surface area contributed by atoms with Crippen LogP contribution in [0.25, 0.3) is 17.1 Å². The van der Waals surface area contributed by atoms with Crippen molar-refractivity contribution in [1.82, 2.24) is 14.9 Å². The summed E-state index contributed by atoms with van der Waals surface area (Å²) in [4.78, 5) is 35.7. The first-order valence-electron chi connectivity index (χ1n) is 10.4. The fraction of sp³-hybridized carbons (Fsp3) is 0.455. The zero-order valence-electron chi connectivity index (χ0n) is 16.9.